The van der Waals surface area contributed by atoms with Gasteiger partial charge in [0.1, 0.15) is 11.5 Å². The van der Waals surface area contributed by atoms with Crippen molar-refractivity contribution in [1.29, 1.82) is 0 Å². The van der Waals surface area contributed by atoms with E-state index in [0.29, 0.717) is 10.2 Å². The minimum Gasteiger partial charge on any atom is -0.496 e. The van der Waals surface area contributed by atoms with Crippen LogP contribution in [0.5, 0.6) is 5.75 Å². The van der Waals surface area contributed by atoms with E-state index in [2.05, 4.69) is 21.0 Å². The number of carbonyl (C=O) groups excluding carboxylic acids is 1. The largest absolute Gasteiger partial charge is 0.496 e. The number of halogens is 4. The molecule has 0 N–H and O–H groups in total. The van der Waals surface area contributed by atoms with Gasteiger partial charge in [0.15, 0.2) is 0 Å². The Morgan fingerprint density at radius 1 is 1.35 bits per heavy atom. The van der Waals surface area contributed by atoms with E-state index in [1.165, 1.54) is 39.4 Å². The lowest BCUT2D eigenvalue weighted by molar-refractivity contribution is -0.163. The summed E-state index contributed by atoms with van der Waals surface area (Å²) >= 11 is 3.16. The molecule has 1 aromatic carbocycles. The average molecular weight is 353 g/mol. The SMILES string of the molecule is COc1ccc(/C(=N/N(C)C)C(=O)C(F)(F)F)cc1Br. The number of benzene rings is 1. The van der Waals surface area contributed by atoms with E-state index >= 15 is 0 Å². The molecule has 0 radical (unpaired) electrons. The van der Waals surface area contributed by atoms with Gasteiger partial charge >= 0.3 is 6.18 Å². The van der Waals surface area contributed by atoms with Crippen LogP contribution in [0.15, 0.2) is 27.8 Å². The first-order chi connectivity index (χ1) is 9.16. The van der Waals surface area contributed by atoms with Crippen LogP contribution in [0.4, 0.5) is 13.2 Å². The maximum Gasteiger partial charge on any atom is 0.456 e. The molecular formula is C12H12BrF3N2O2. The molecule has 0 aromatic heterocycles. The van der Waals surface area contributed by atoms with Crippen molar-refractivity contribution >= 4 is 27.4 Å². The van der Waals surface area contributed by atoms with Gasteiger partial charge < -0.3 is 9.75 Å². The average Bonchev–Trinajstić information content (AvgIpc) is 2.33. The summed E-state index contributed by atoms with van der Waals surface area (Å²) in [5.74, 6) is -1.55. The van der Waals surface area contributed by atoms with Crippen molar-refractivity contribution in [3.8, 4) is 5.75 Å². The van der Waals surface area contributed by atoms with E-state index in [9.17, 15) is 18.0 Å². The third-order valence-corrected chi connectivity index (χ3v) is 2.82. The van der Waals surface area contributed by atoms with Crippen LogP contribution >= 0.6 is 15.9 Å². The number of ether oxygens (including phenoxy) is 1. The lowest BCUT2D eigenvalue weighted by Gasteiger charge is -2.13. The van der Waals surface area contributed by atoms with Crippen molar-refractivity contribution in [3.05, 3.63) is 28.2 Å². The summed E-state index contributed by atoms with van der Waals surface area (Å²) in [6.45, 7) is 0. The van der Waals surface area contributed by atoms with Crippen molar-refractivity contribution in [2.45, 2.75) is 6.18 Å². The molecule has 0 amide bonds. The Morgan fingerprint density at radius 3 is 2.35 bits per heavy atom. The number of rotatable bonds is 4. The predicted octanol–water partition coefficient (Wildman–Crippen LogP) is 2.85. The number of hydrazone groups is 1. The Morgan fingerprint density at radius 2 is 1.95 bits per heavy atom. The molecule has 1 aromatic rings. The standard InChI is InChI=1S/C12H12BrF3N2O2/c1-18(2)17-10(11(19)12(14,15)16)7-4-5-9(20-3)8(13)6-7/h4-6H,1-3H3/b17-10-. The highest BCUT2D eigenvalue weighted by atomic mass is 79.9. The van der Waals surface area contributed by atoms with E-state index < -0.39 is 17.7 Å². The molecule has 8 heteroatoms. The number of nitrogens with zero attached hydrogens (tertiary/aromatic N) is 2. The molecule has 0 heterocycles. The van der Waals surface area contributed by atoms with Crippen molar-refractivity contribution in [3.63, 3.8) is 0 Å². The summed E-state index contributed by atoms with van der Waals surface area (Å²) in [6.07, 6.45) is -4.98. The zero-order chi connectivity index (χ0) is 15.5. The molecular weight excluding hydrogens is 341 g/mol. The number of hydrogen-bond acceptors (Lipinski definition) is 4. The zero-order valence-corrected chi connectivity index (χ0v) is 12.5. The quantitative estimate of drug-likeness (QED) is 0.618. The maximum absolute atomic E-state index is 12.6. The van der Waals surface area contributed by atoms with Gasteiger partial charge in [0.2, 0.25) is 0 Å². The van der Waals surface area contributed by atoms with Crippen LogP contribution in [0.1, 0.15) is 5.56 Å². The van der Waals surface area contributed by atoms with Gasteiger partial charge in [-0.3, -0.25) is 4.79 Å². The summed E-state index contributed by atoms with van der Waals surface area (Å²) in [6, 6.07) is 4.15. The molecule has 1 rings (SSSR count). The van der Waals surface area contributed by atoms with Gasteiger partial charge in [-0.1, -0.05) is 0 Å². The highest BCUT2D eigenvalue weighted by Gasteiger charge is 2.42. The van der Waals surface area contributed by atoms with E-state index in [1.54, 1.807) is 0 Å². The third-order valence-electron chi connectivity index (χ3n) is 2.20. The summed E-state index contributed by atoms with van der Waals surface area (Å²) in [7, 11) is 4.29. The van der Waals surface area contributed by atoms with Crippen LogP contribution in [-0.2, 0) is 4.79 Å². The van der Waals surface area contributed by atoms with Gasteiger partial charge in [-0.2, -0.15) is 18.3 Å². The van der Waals surface area contributed by atoms with Crippen LogP contribution in [0.3, 0.4) is 0 Å². The second-order valence-corrected chi connectivity index (χ2v) is 4.83. The molecule has 0 atom stereocenters. The summed E-state index contributed by atoms with van der Waals surface area (Å²) in [4.78, 5) is 11.4. The molecule has 0 aliphatic carbocycles. The smallest absolute Gasteiger partial charge is 0.456 e. The first-order valence-electron chi connectivity index (χ1n) is 5.38. The van der Waals surface area contributed by atoms with E-state index in [4.69, 9.17) is 4.74 Å². The second-order valence-electron chi connectivity index (χ2n) is 3.97. The fourth-order valence-electron chi connectivity index (χ4n) is 1.38. The Bertz CT molecular complexity index is 542. The molecule has 0 unspecified atom stereocenters. The number of alkyl halides is 3. The third kappa shape index (κ3) is 3.96. The zero-order valence-electron chi connectivity index (χ0n) is 11.0. The van der Waals surface area contributed by atoms with E-state index in [-0.39, 0.29) is 5.56 Å². The number of methoxy groups -OCH3 is 1. The van der Waals surface area contributed by atoms with Crippen LogP contribution in [0.25, 0.3) is 0 Å². The Labute approximate surface area is 122 Å². The van der Waals surface area contributed by atoms with E-state index in [0.717, 1.165) is 5.01 Å². The fourth-order valence-corrected chi connectivity index (χ4v) is 1.92. The van der Waals surface area contributed by atoms with Crippen molar-refractivity contribution in [2.24, 2.45) is 5.10 Å². The number of hydrogen-bond donors (Lipinski definition) is 0. The van der Waals surface area contributed by atoms with Gasteiger partial charge in [-0.05, 0) is 34.1 Å². The Hall–Kier alpha value is -1.57. The fraction of sp³-hybridized carbons (Fsp3) is 0.333. The first kappa shape index (κ1) is 16.5. The second kappa shape index (κ2) is 6.25. The lowest BCUT2D eigenvalue weighted by atomic mass is 10.1. The molecule has 0 bridgehead atoms. The topological polar surface area (TPSA) is 41.9 Å². The molecule has 4 nitrogen and oxygen atoms in total. The van der Waals surface area contributed by atoms with Crippen molar-refractivity contribution in [1.82, 2.24) is 5.01 Å². The van der Waals surface area contributed by atoms with Crippen LogP contribution in [0.2, 0.25) is 0 Å². The maximum atomic E-state index is 12.6. The Balaban J connectivity index is 3.33. The van der Waals surface area contributed by atoms with Crippen molar-refractivity contribution < 1.29 is 22.7 Å². The van der Waals surface area contributed by atoms with Crippen LogP contribution in [0, 0.1) is 0 Å². The molecule has 0 aliphatic rings. The molecule has 0 spiro atoms. The number of ketones is 1. The van der Waals surface area contributed by atoms with Gasteiger partial charge in [-0.15, -0.1) is 0 Å². The van der Waals surface area contributed by atoms with Gasteiger partial charge in [0, 0.05) is 19.7 Å². The van der Waals surface area contributed by atoms with Gasteiger partial charge in [0.05, 0.1) is 11.6 Å². The highest BCUT2D eigenvalue weighted by molar-refractivity contribution is 9.10. The molecule has 110 valence electrons. The predicted molar refractivity (Wildman–Crippen MR) is 72.0 cm³/mol. The van der Waals surface area contributed by atoms with Crippen LogP contribution in [-0.4, -0.2) is 43.9 Å². The minimum absolute atomic E-state index is 0.0497. The van der Waals surface area contributed by atoms with Gasteiger partial charge in [-0.25, -0.2) is 0 Å². The Kier molecular flexibility index (Phi) is 5.15. The summed E-state index contributed by atoms with van der Waals surface area (Å²) in [5, 5.41) is 4.76. The van der Waals surface area contributed by atoms with Crippen molar-refractivity contribution in [2.75, 3.05) is 21.2 Å². The highest BCUT2D eigenvalue weighted by Crippen LogP contribution is 2.27. The molecule has 0 fully saturated rings. The van der Waals surface area contributed by atoms with Crippen LogP contribution < -0.4 is 4.74 Å². The normalized spacial score (nSPS) is 12.2. The molecule has 20 heavy (non-hydrogen) atoms. The molecule has 0 aliphatic heterocycles. The monoisotopic (exact) mass is 352 g/mol. The van der Waals surface area contributed by atoms with E-state index in [1.807, 2.05) is 0 Å². The summed E-state index contributed by atoms with van der Waals surface area (Å²) in [5.41, 5.74) is -0.625. The number of carbonyl (C=O) groups is 1. The summed E-state index contributed by atoms with van der Waals surface area (Å²) < 4.78 is 43.2. The molecule has 0 saturated carbocycles. The van der Waals surface area contributed by atoms with Gasteiger partial charge in [0.25, 0.3) is 5.78 Å². The number of Topliss-reactive ketones (excluding diaryl/α,β-unsaturated/α-hetero) is 1. The first-order valence-corrected chi connectivity index (χ1v) is 6.17. The molecule has 0 saturated heterocycles. The lowest BCUT2D eigenvalue weighted by Crippen LogP contribution is -2.32. The minimum atomic E-state index is -4.98.